The van der Waals surface area contributed by atoms with Crippen LogP contribution in [0.4, 0.5) is 0 Å². The monoisotopic (exact) mass is 259 g/mol. The molecule has 0 amide bonds. The molecule has 2 aromatic rings. The van der Waals surface area contributed by atoms with Gasteiger partial charge in [-0.2, -0.15) is 0 Å². The maximum Gasteiger partial charge on any atom is 0.251 e. The van der Waals surface area contributed by atoms with Crippen LogP contribution in [0.1, 0.15) is 12.1 Å². The Morgan fingerprint density at radius 1 is 1.37 bits per heavy atom. The lowest BCUT2D eigenvalue weighted by atomic mass is 10.1. The molecule has 2 rings (SSSR count). The van der Waals surface area contributed by atoms with Crippen molar-refractivity contribution < 1.29 is 4.74 Å². The quantitative estimate of drug-likeness (QED) is 0.849. The highest BCUT2D eigenvalue weighted by molar-refractivity contribution is 5.63. The number of aryl methyl sites for hydroxylation is 1. The molecule has 0 unspecified atom stereocenters. The molecule has 0 aliphatic heterocycles. The summed E-state index contributed by atoms with van der Waals surface area (Å²) in [6.07, 6.45) is 1.50. The lowest BCUT2D eigenvalue weighted by molar-refractivity contribution is 0.416. The molecule has 19 heavy (non-hydrogen) atoms. The number of para-hydroxylation sites is 1. The van der Waals surface area contributed by atoms with E-state index in [4.69, 9.17) is 10.5 Å². The second-order valence-electron chi connectivity index (χ2n) is 4.18. The van der Waals surface area contributed by atoms with Crippen LogP contribution in [-0.4, -0.2) is 23.6 Å². The van der Waals surface area contributed by atoms with Gasteiger partial charge in [0.25, 0.3) is 5.56 Å². The van der Waals surface area contributed by atoms with Crippen molar-refractivity contribution in [3.05, 3.63) is 46.4 Å². The number of hydrogen-bond donors (Lipinski definition) is 2. The number of hydrogen-bond acceptors (Lipinski definition) is 4. The Labute approximate surface area is 111 Å². The number of ether oxygens (including phenoxy) is 1. The second-order valence-corrected chi connectivity index (χ2v) is 4.18. The summed E-state index contributed by atoms with van der Waals surface area (Å²) >= 11 is 0. The van der Waals surface area contributed by atoms with E-state index in [1.54, 1.807) is 7.11 Å². The minimum absolute atomic E-state index is 0.164. The Bertz CT molecular complexity index is 608. The van der Waals surface area contributed by atoms with E-state index in [1.807, 2.05) is 24.3 Å². The van der Waals surface area contributed by atoms with Crippen LogP contribution in [0, 0.1) is 0 Å². The van der Waals surface area contributed by atoms with Gasteiger partial charge in [0.05, 0.1) is 12.7 Å². The molecule has 0 spiro atoms. The summed E-state index contributed by atoms with van der Waals surface area (Å²) in [5, 5.41) is 0. The highest BCUT2D eigenvalue weighted by Gasteiger charge is 2.08. The zero-order valence-corrected chi connectivity index (χ0v) is 10.8. The van der Waals surface area contributed by atoms with Crippen LogP contribution >= 0.6 is 0 Å². The molecule has 100 valence electrons. The zero-order chi connectivity index (χ0) is 13.7. The minimum Gasteiger partial charge on any atom is -0.496 e. The summed E-state index contributed by atoms with van der Waals surface area (Å²) in [6.45, 7) is 0.582. The maximum atomic E-state index is 11.7. The van der Waals surface area contributed by atoms with E-state index >= 15 is 0 Å². The molecule has 1 aromatic heterocycles. The molecule has 0 bridgehead atoms. The molecule has 1 aromatic carbocycles. The number of rotatable bonds is 5. The largest absolute Gasteiger partial charge is 0.496 e. The topological polar surface area (TPSA) is 81.0 Å². The summed E-state index contributed by atoms with van der Waals surface area (Å²) in [6, 6.07) is 8.96. The molecule has 5 nitrogen and oxygen atoms in total. The van der Waals surface area contributed by atoms with Gasteiger partial charge < -0.3 is 15.5 Å². The minimum atomic E-state index is -0.164. The van der Waals surface area contributed by atoms with Crippen molar-refractivity contribution in [3.8, 4) is 17.1 Å². The first kappa shape index (κ1) is 13.3. The van der Waals surface area contributed by atoms with Crippen LogP contribution in [0.3, 0.4) is 0 Å². The van der Waals surface area contributed by atoms with Gasteiger partial charge >= 0.3 is 0 Å². The van der Waals surface area contributed by atoms with Crippen molar-refractivity contribution in [2.24, 2.45) is 5.73 Å². The molecule has 0 saturated carbocycles. The Balaban J connectivity index is 2.44. The van der Waals surface area contributed by atoms with E-state index < -0.39 is 0 Å². The maximum absolute atomic E-state index is 11.7. The third kappa shape index (κ3) is 3.20. The zero-order valence-electron chi connectivity index (χ0n) is 10.8. The SMILES string of the molecule is COc1ccccc1-c1nc(CCCN)cc(=O)[nH]1. The number of nitrogens with two attached hydrogens (primary N) is 1. The summed E-state index contributed by atoms with van der Waals surface area (Å²) in [7, 11) is 1.59. The number of aromatic amines is 1. The van der Waals surface area contributed by atoms with Crippen molar-refractivity contribution in [3.63, 3.8) is 0 Å². The standard InChI is InChI=1S/C14H17N3O2/c1-19-12-7-3-2-6-11(12)14-16-10(5-4-8-15)9-13(18)17-14/h2-3,6-7,9H,4-5,8,15H2,1H3,(H,16,17,18). The summed E-state index contributed by atoms with van der Waals surface area (Å²) in [4.78, 5) is 18.9. The van der Waals surface area contributed by atoms with Crippen molar-refractivity contribution in [1.82, 2.24) is 9.97 Å². The van der Waals surface area contributed by atoms with Gasteiger partial charge in [0.2, 0.25) is 0 Å². The third-order valence-corrected chi connectivity index (χ3v) is 2.79. The lowest BCUT2D eigenvalue weighted by Crippen LogP contribution is -2.12. The fourth-order valence-corrected chi connectivity index (χ4v) is 1.89. The van der Waals surface area contributed by atoms with Crippen molar-refractivity contribution in [1.29, 1.82) is 0 Å². The first-order chi connectivity index (χ1) is 9.24. The number of methoxy groups -OCH3 is 1. The molecular weight excluding hydrogens is 242 g/mol. The molecule has 0 aliphatic carbocycles. The highest BCUT2D eigenvalue weighted by atomic mass is 16.5. The number of benzene rings is 1. The molecule has 0 radical (unpaired) electrons. The highest BCUT2D eigenvalue weighted by Crippen LogP contribution is 2.26. The first-order valence-corrected chi connectivity index (χ1v) is 6.18. The van der Waals surface area contributed by atoms with Gasteiger partial charge in [0.15, 0.2) is 0 Å². The second kappa shape index (κ2) is 6.15. The Hall–Kier alpha value is -2.14. The normalized spacial score (nSPS) is 10.4. The summed E-state index contributed by atoms with van der Waals surface area (Å²) < 4.78 is 5.28. The Kier molecular flexibility index (Phi) is 4.30. The smallest absolute Gasteiger partial charge is 0.251 e. The van der Waals surface area contributed by atoms with E-state index in [0.717, 1.165) is 17.7 Å². The number of nitrogens with zero attached hydrogens (tertiary/aromatic N) is 1. The van der Waals surface area contributed by atoms with Gasteiger partial charge in [-0.3, -0.25) is 4.79 Å². The van der Waals surface area contributed by atoms with Gasteiger partial charge in [-0.1, -0.05) is 12.1 Å². The van der Waals surface area contributed by atoms with Crippen LogP contribution in [0.5, 0.6) is 5.75 Å². The molecule has 0 fully saturated rings. The third-order valence-electron chi connectivity index (χ3n) is 2.79. The van der Waals surface area contributed by atoms with Crippen LogP contribution in [-0.2, 0) is 6.42 Å². The van der Waals surface area contributed by atoms with Crippen LogP contribution in [0.25, 0.3) is 11.4 Å². The van der Waals surface area contributed by atoms with E-state index in [2.05, 4.69) is 9.97 Å². The van der Waals surface area contributed by atoms with Gasteiger partial charge in [-0.05, 0) is 31.5 Å². The van der Waals surface area contributed by atoms with E-state index in [0.29, 0.717) is 24.5 Å². The van der Waals surface area contributed by atoms with Gasteiger partial charge in [-0.25, -0.2) is 4.98 Å². The van der Waals surface area contributed by atoms with Gasteiger partial charge in [0, 0.05) is 11.8 Å². The average Bonchev–Trinajstić information content (AvgIpc) is 2.44. The fraction of sp³-hybridized carbons (Fsp3) is 0.286. The average molecular weight is 259 g/mol. The van der Waals surface area contributed by atoms with Crippen LogP contribution in [0.15, 0.2) is 35.1 Å². The van der Waals surface area contributed by atoms with Crippen molar-refractivity contribution >= 4 is 0 Å². The molecule has 1 heterocycles. The van der Waals surface area contributed by atoms with E-state index in [1.165, 1.54) is 6.07 Å². The molecule has 5 heteroatoms. The first-order valence-electron chi connectivity index (χ1n) is 6.18. The van der Waals surface area contributed by atoms with Crippen molar-refractivity contribution in [2.45, 2.75) is 12.8 Å². The van der Waals surface area contributed by atoms with Gasteiger partial charge in [0.1, 0.15) is 11.6 Å². The summed E-state index contributed by atoms with van der Waals surface area (Å²) in [5.74, 6) is 1.21. The van der Waals surface area contributed by atoms with E-state index in [9.17, 15) is 4.79 Å². The lowest BCUT2D eigenvalue weighted by Gasteiger charge is -2.08. The number of aromatic nitrogens is 2. The van der Waals surface area contributed by atoms with Crippen LogP contribution < -0.4 is 16.0 Å². The molecular formula is C14H17N3O2. The predicted octanol–water partition coefficient (Wildman–Crippen LogP) is 1.34. The predicted molar refractivity (Wildman–Crippen MR) is 74.2 cm³/mol. The molecule has 3 N–H and O–H groups in total. The Morgan fingerprint density at radius 2 is 2.16 bits per heavy atom. The van der Waals surface area contributed by atoms with Gasteiger partial charge in [-0.15, -0.1) is 0 Å². The van der Waals surface area contributed by atoms with E-state index in [-0.39, 0.29) is 5.56 Å². The molecule has 0 aliphatic rings. The summed E-state index contributed by atoms with van der Waals surface area (Å²) in [5.41, 5.74) is 6.83. The Morgan fingerprint density at radius 3 is 2.89 bits per heavy atom. The molecule has 0 atom stereocenters. The van der Waals surface area contributed by atoms with Crippen LogP contribution in [0.2, 0.25) is 0 Å². The number of nitrogens with one attached hydrogen (secondary N) is 1. The van der Waals surface area contributed by atoms with Crippen molar-refractivity contribution in [2.75, 3.05) is 13.7 Å². The number of H-pyrrole nitrogens is 1. The fourth-order valence-electron chi connectivity index (χ4n) is 1.89. The molecule has 0 saturated heterocycles.